The van der Waals surface area contributed by atoms with Gasteiger partial charge in [-0.25, -0.2) is 0 Å². The van der Waals surface area contributed by atoms with Crippen LogP contribution >= 0.6 is 0 Å². The summed E-state index contributed by atoms with van der Waals surface area (Å²) in [6, 6.07) is 0. The third-order valence-electron chi connectivity index (χ3n) is 3.90. The second kappa shape index (κ2) is 5.69. The minimum atomic E-state index is 0.703. The largest absolute Gasteiger partial charge is 0.370 e. The number of ether oxygens (including phenoxy) is 1. The Morgan fingerprint density at radius 3 is 1.73 bits per heavy atom. The average molecular weight is 208 g/mol. The van der Waals surface area contributed by atoms with E-state index in [1.165, 1.54) is 57.8 Å². The molecule has 2 atom stereocenters. The summed E-state index contributed by atoms with van der Waals surface area (Å²) in [5, 5.41) is 0. The van der Waals surface area contributed by atoms with Gasteiger partial charge in [0.1, 0.15) is 0 Å². The molecule has 3 fully saturated rings. The normalized spacial score (nSPS) is 34.7. The van der Waals surface area contributed by atoms with E-state index in [9.17, 15) is 0 Å². The summed E-state index contributed by atoms with van der Waals surface area (Å²) in [5.74, 6) is 0.851. The van der Waals surface area contributed by atoms with Crippen molar-refractivity contribution in [3.8, 4) is 0 Å². The van der Waals surface area contributed by atoms with Gasteiger partial charge in [-0.1, -0.05) is 38.2 Å². The SMILES string of the molecule is C1CCC2OC2C1.C=CC1CCCCC1. The van der Waals surface area contributed by atoms with E-state index in [1.807, 2.05) is 0 Å². The lowest BCUT2D eigenvalue weighted by Crippen LogP contribution is -2.01. The van der Waals surface area contributed by atoms with Crippen LogP contribution in [0.1, 0.15) is 57.8 Å². The lowest BCUT2D eigenvalue weighted by molar-refractivity contribution is 0.373. The molecule has 2 unspecified atom stereocenters. The Kier molecular flexibility index (Phi) is 4.25. The number of hydrogen-bond acceptors (Lipinski definition) is 1. The standard InChI is InChI=1S/C8H14.C6H10O/c1-2-8-6-4-3-5-7-8;1-2-4-6-5(3-1)7-6/h2,8H,1,3-7H2;5-6H,1-4H2. The zero-order valence-corrected chi connectivity index (χ0v) is 9.79. The van der Waals surface area contributed by atoms with Crippen LogP contribution in [0.4, 0.5) is 0 Å². The average Bonchev–Trinajstić information content (AvgIpc) is 3.10. The fourth-order valence-electron chi connectivity index (χ4n) is 2.75. The summed E-state index contributed by atoms with van der Waals surface area (Å²) in [6.45, 7) is 3.78. The molecule has 86 valence electrons. The maximum absolute atomic E-state index is 5.28. The first-order valence-corrected chi connectivity index (χ1v) is 6.68. The maximum Gasteiger partial charge on any atom is 0.0841 e. The summed E-state index contributed by atoms with van der Waals surface area (Å²) in [5.41, 5.74) is 0. The highest BCUT2D eigenvalue weighted by atomic mass is 16.6. The molecule has 1 aliphatic heterocycles. The Labute approximate surface area is 93.9 Å². The quantitative estimate of drug-likeness (QED) is 0.467. The van der Waals surface area contributed by atoms with E-state index in [0.717, 1.165) is 5.92 Å². The fraction of sp³-hybridized carbons (Fsp3) is 0.857. The van der Waals surface area contributed by atoms with Crippen molar-refractivity contribution in [2.75, 3.05) is 0 Å². The molecule has 1 heteroatoms. The van der Waals surface area contributed by atoms with Crippen LogP contribution in [-0.2, 0) is 4.74 Å². The lowest BCUT2D eigenvalue weighted by Gasteiger charge is -2.16. The van der Waals surface area contributed by atoms with Crippen molar-refractivity contribution < 1.29 is 4.74 Å². The third kappa shape index (κ3) is 3.64. The van der Waals surface area contributed by atoms with Crippen LogP contribution in [0, 0.1) is 5.92 Å². The predicted octanol–water partition coefficient (Wildman–Crippen LogP) is 4.08. The Morgan fingerprint density at radius 1 is 0.800 bits per heavy atom. The highest BCUT2D eigenvalue weighted by Crippen LogP contribution is 2.35. The molecule has 0 aromatic carbocycles. The van der Waals surface area contributed by atoms with Gasteiger partial charge in [0, 0.05) is 0 Å². The van der Waals surface area contributed by atoms with E-state index in [-0.39, 0.29) is 0 Å². The molecule has 0 radical (unpaired) electrons. The van der Waals surface area contributed by atoms with Gasteiger partial charge in [-0.15, -0.1) is 6.58 Å². The lowest BCUT2D eigenvalue weighted by atomic mass is 9.90. The van der Waals surface area contributed by atoms with Crippen LogP contribution in [0.2, 0.25) is 0 Å². The molecule has 0 aromatic heterocycles. The van der Waals surface area contributed by atoms with E-state index in [2.05, 4.69) is 12.7 Å². The molecule has 0 bridgehead atoms. The maximum atomic E-state index is 5.28. The van der Waals surface area contributed by atoms with Crippen molar-refractivity contribution in [3.63, 3.8) is 0 Å². The van der Waals surface area contributed by atoms with Gasteiger partial charge >= 0.3 is 0 Å². The van der Waals surface area contributed by atoms with Gasteiger partial charge in [0.05, 0.1) is 12.2 Å². The minimum Gasteiger partial charge on any atom is -0.370 e. The van der Waals surface area contributed by atoms with E-state index in [0.29, 0.717) is 12.2 Å². The Balaban J connectivity index is 0.000000114. The van der Waals surface area contributed by atoms with Crippen LogP contribution < -0.4 is 0 Å². The Bertz CT molecular complexity index is 184. The number of epoxide rings is 1. The highest BCUT2D eigenvalue weighted by molar-refractivity contribution is 4.87. The Morgan fingerprint density at radius 2 is 1.33 bits per heavy atom. The molecule has 2 aliphatic carbocycles. The van der Waals surface area contributed by atoms with Crippen molar-refractivity contribution >= 4 is 0 Å². The van der Waals surface area contributed by atoms with Gasteiger partial charge < -0.3 is 4.74 Å². The third-order valence-corrected chi connectivity index (χ3v) is 3.90. The number of fused-ring (bicyclic) bond motifs is 1. The van der Waals surface area contributed by atoms with Crippen LogP contribution in [0.3, 0.4) is 0 Å². The van der Waals surface area contributed by atoms with Crippen LogP contribution in [0.25, 0.3) is 0 Å². The number of rotatable bonds is 1. The summed E-state index contributed by atoms with van der Waals surface area (Å²) in [4.78, 5) is 0. The summed E-state index contributed by atoms with van der Waals surface area (Å²) < 4.78 is 5.28. The van der Waals surface area contributed by atoms with E-state index >= 15 is 0 Å². The van der Waals surface area contributed by atoms with Crippen molar-refractivity contribution in [1.29, 1.82) is 0 Å². The van der Waals surface area contributed by atoms with E-state index in [4.69, 9.17) is 4.74 Å². The second-order valence-electron chi connectivity index (χ2n) is 5.13. The molecular weight excluding hydrogens is 184 g/mol. The van der Waals surface area contributed by atoms with Gasteiger partial charge in [0.25, 0.3) is 0 Å². The van der Waals surface area contributed by atoms with Crippen LogP contribution in [-0.4, -0.2) is 12.2 Å². The van der Waals surface area contributed by atoms with Crippen LogP contribution in [0.15, 0.2) is 12.7 Å². The van der Waals surface area contributed by atoms with Crippen molar-refractivity contribution in [2.24, 2.45) is 5.92 Å². The summed E-state index contributed by atoms with van der Waals surface area (Å²) in [6.07, 6.45) is 16.1. The molecule has 3 aliphatic rings. The molecule has 0 N–H and O–H groups in total. The number of hydrogen-bond donors (Lipinski definition) is 0. The predicted molar refractivity (Wildman–Crippen MR) is 63.9 cm³/mol. The first-order valence-electron chi connectivity index (χ1n) is 6.68. The van der Waals surface area contributed by atoms with Gasteiger partial charge in [0.2, 0.25) is 0 Å². The van der Waals surface area contributed by atoms with Gasteiger partial charge in [-0.2, -0.15) is 0 Å². The van der Waals surface area contributed by atoms with Crippen molar-refractivity contribution in [1.82, 2.24) is 0 Å². The number of allylic oxidation sites excluding steroid dienone is 1. The monoisotopic (exact) mass is 208 g/mol. The summed E-state index contributed by atoms with van der Waals surface area (Å²) in [7, 11) is 0. The zero-order chi connectivity index (χ0) is 10.5. The molecule has 15 heavy (non-hydrogen) atoms. The first-order chi connectivity index (χ1) is 7.40. The molecule has 0 aromatic rings. The van der Waals surface area contributed by atoms with Crippen LogP contribution in [0.5, 0.6) is 0 Å². The molecule has 0 spiro atoms. The van der Waals surface area contributed by atoms with E-state index in [1.54, 1.807) is 0 Å². The highest BCUT2D eigenvalue weighted by Gasteiger charge is 2.39. The van der Waals surface area contributed by atoms with Crippen molar-refractivity contribution in [3.05, 3.63) is 12.7 Å². The van der Waals surface area contributed by atoms with Crippen molar-refractivity contribution in [2.45, 2.75) is 70.0 Å². The molecule has 2 saturated carbocycles. The smallest absolute Gasteiger partial charge is 0.0841 e. The molecule has 1 saturated heterocycles. The van der Waals surface area contributed by atoms with E-state index < -0.39 is 0 Å². The second-order valence-corrected chi connectivity index (χ2v) is 5.13. The fourth-order valence-corrected chi connectivity index (χ4v) is 2.75. The first kappa shape index (κ1) is 11.2. The van der Waals surface area contributed by atoms with Gasteiger partial charge in [0.15, 0.2) is 0 Å². The topological polar surface area (TPSA) is 12.5 Å². The minimum absolute atomic E-state index is 0.703. The zero-order valence-electron chi connectivity index (χ0n) is 9.79. The molecule has 3 rings (SSSR count). The van der Waals surface area contributed by atoms with Gasteiger partial charge in [-0.3, -0.25) is 0 Å². The molecule has 0 amide bonds. The Hall–Kier alpha value is -0.300. The van der Waals surface area contributed by atoms with Gasteiger partial charge in [-0.05, 0) is 31.6 Å². The molecular formula is C14H24O. The summed E-state index contributed by atoms with van der Waals surface area (Å²) >= 11 is 0. The molecule has 1 heterocycles. The molecule has 1 nitrogen and oxygen atoms in total.